The second-order valence-electron chi connectivity index (χ2n) is 10.6. The molecule has 9 nitrogen and oxygen atoms in total. The minimum absolute atomic E-state index is 0.00485. The van der Waals surface area contributed by atoms with Gasteiger partial charge >= 0.3 is 0 Å². The van der Waals surface area contributed by atoms with Crippen LogP contribution in [0.2, 0.25) is 0 Å². The zero-order valence-corrected chi connectivity index (χ0v) is 23.4. The molecule has 1 saturated heterocycles. The maximum absolute atomic E-state index is 14.7. The minimum atomic E-state index is -0.596. The van der Waals surface area contributed by atoms with Crippen LogP contribution in [-0.4, -0.2) is 51.6 Å². The topological polar surface area (TPSA) is 123 Å². The van der Waals surface area contributed by atoms with Crippen molar-refractivity contribution >= 4 is 34.5 Å². The van der Waals surface area contributed by atoms with Crippen LogP contribution >= 0.6 is 11.3 Å². The van der Waals surface area contributed by atoms with Gasteiger partial charge < -0.3 is 15.7 Å². The third-order valence-electron chi connectivity index (χ3n) is 7.79. The standard InChI is InChI=1S/C30H31FN6O3S/c1-37-12-4-6-24(37)18-5-2-9-28(32-16-18)33-23-15-21(35-36-29(23)39)17-10-11-20(31)22(13-17)34-30(40)27-14-19-25(38)7-3-8-26(19)41-27/h2,5,10-11,13-16,24-25,38H,3-4,6-9,12H2,1H3,(H,34,40)(H,36,39)(H,32,33,35). The van der Waals surface area contributed by atoms with Crippen LogP contribution in [-0.2, 0) is 6.42 Å². The van der Waals surface area contributed by atoms with Crippen LogP contribution in [0.1, 0.15) is 58.3 Å². The predicted octanol–water partition coefficient (Wildman–Crippen LogP) is 5.01. The number of amidine groups is 1. The maximum Gasteiger partial charge on any atom is 0.287 e. The van der Waals surface area contributed by atoms with E-state index >= 15 is 0 Å². The number of fused-ring (bicyclic) bond motifs is 1. The number of nitrogens with zero attached hydrogens (tertiary/aromatic N) is 3. The molecule has 1 fully saturated rings. The van der Waals surface area contributed by atoms with E-state index in [1.54, 1.807) is 12.1 Å². The number of likely N-dealkylation sites (N-methyl/N-ethyl adjacent to an activating group) is 1. The number of thiophene rings is 1. The number of benzene rings is 1. The summed E-state index contributed by atoms with van der Waals surface area (Å²) in [6.07, 6.45) is 10.6. The summed E-state index contributed by atoms with van der Waals surface area (Å²) >= 11 is 1.32. The lowest BCUT2D eigenvalue weighted by Crippen LogP contribution is -2.26. The lowest BCUT2D eigenvalue weighted by atomic mass is 9.96. The highest BCUT2D eigenvalue weighted by Gasteiger charge is 2.25. The number of aromatic nitrogens is 2. The number of anilines is 2. The SMILES string of the molecule is CN1CCCC1C1=CN=C(Nc2cc(-c3ccc(F)c(NC(=O)c4cc5c(s4)CCCC5O)c3)n[nH]c2=O)CC=C1. The summed E-state index contributed by atoms with van der Waals surface area (Å²) in [5.41, 5.74) is 2.67. The molecule has 212 valence electrons. The fourth-order valence-corrected chi connectivity index (χ4v) is 6.73. The van der Waals surface area contributed by atoms with E-state index in [1.165, 1.54) is 29.5 Å². The van der Waals surface area contributed by atoms with Crippen molar-refractivity contribution in [1.29, 1.82) is 0 Å². The molecule has 1 amide bonds. The molecule has 4 N–H and O–H groups in total. The van der Waals surface area contributed by atoms with Crippen molar-refractivity contribution in [3.8, 4) is 11.3 Å². The van der Waals surface area contributed by atoms with Crippen LogP contribution in [0.3, 0.4) is 0 Å². The first-order chi connectivity index (χ1) is 19.9. The summed E-state index contributed by atoms with van der Waals surface area (Å²) in [5, 5.41) is 22.7. The van der Waals surface area contributed by atoms with E-state index in [2.05, 4.69) is 43.8 Å². The summed E-state index contributed by atoms with van der Waals surface area (Å²) < 4.78 is 14.7. The van der Waals surface area contributed by atoms with Gasteiger partial charge in [0.1, 0.15) is 17.3 Å². The second kappa shape index (κ2) is 11.5. The molecule has 11 heteroatoms. The Morgan fingerprint density at radius 1 is 1.20 bits per heavy atom. The molecule has 0 spiro atoms. The first-order valence-corrected chi connectivity index (χ1v) is 14.6. The first kappa shape index (κ1) is 27.3. The molecule has 2 atom stereocenters. The number of aromatic amines is 1. The van der Waals surface area contributed by atoms with E-state index in [0.29, 0.717) is 40.9 Å². The number of halogens is 1. The number of likely N-dealkylation sites (tertiary alicyclic amines) is 1. The van der Waals surface area contributed by atoms with E-state index in [4.69, 9.17) is 0 Å². The van der Waals surface area contributed by atoms with E-state index < -0.39 is 23.4 Å². The third kappa shape index (κ3) is 5.79. The van der Waals surface area contributed by atoms with E-state index in [0.717, 1.165) is 48.2 Å². The van der Waals surface area contributed by atoms with Crippen molar-refractivity contribution in [2.24, 2.45) is 4.99 Å². The number of amides is 1. The van der Waals surface area contributed by atoms with Crippen molar-refractivity contribution < 1.29 is 14.3 Å². The minimum Gasteiger partial charge on any atom is -0.388 e. The van der Waals surface area contributed by atoms with Crippen LogP contribution in [0.5, 0.6) is 0 Å². The number of carbonyl (C=O) groups excluding carboxylic acids is 1. The number of hydrogen-bond donors (Lipinski definition) is 4. The van der Waals surface area contributed by atoms with Gasteiger partial charge in [0, 0.05) is 29.1 Å². The van der Waals surface area contributed by atoms with Gasteiger partial charge in [-0.15, -0.1) is 11.3 Å². The molecule has 2 aromatic heterocycles. The van der Waals surface area contributed by atoms with Crippen LogP contribution in [0.4, 0.5) is 15.8 Å². The molecule has 0 saturated carbocycles. The van der Waals surface area contributed by atoms with Gasteiger partial charge in [0.05, 0.1) is 22.4 Å². The highest BCUT2D eigenvalue weighted by atomic mass is 32.1. The van der Waals surface area contributed by atoms with Gasteiger partial charge in [0.2, 0.25) is 0 Å². The Hall–Kier alpha value is -3.93. The van der Waals surface area contributed by atoms with Crippen molar-refractivity contribution in [2.45, 2.75) is 50.7 Å². The maximum atomic E-state index is 14.7. The number of nitrogens with one attached hydrogen (secondary N) is 3. The summed E-state index contributed by atoms with van der Waals surface area (Å²) in [5.74, 6) is -0.420. The molecular weight excluding hydrogens is 543 g/mol. The van der Waals surface area contributed by atoms with Gasteiger partial charge in [-0.2, -0.15) is 5.10 Å². The summed E-state index contributed by atoms with van der Waals surface area (Å²) in [4.78, 5) is 33.9. The molecule has 2 aliphatic heterocycles. The summed E-state index contributed by atoms with van der Waals surface area (Å²) in [7, 11) is 2.12. The molecular formula is C30H31FN6O3S. The first-order valence-electron chi connectivity index (χ1n) is 13.8. The van der Waals surface area contributed by atoms with Crippen molar-refractivity contribution in [3.05, 3.63) is 85.7 Å². The second-order valence-corrected chi connectivity index (χ2v) is 11.8. The number of carbonyl (C=O) groups is 1. The van der Waals surface area contributed by atoms with Gasteiger partial charge in [-0.25, -0.2) is 14.5 Å². The smallest absolute Gasteiger partial charge is 0.287 e. The Morgan fingerprint density at radius 3 is 2.88 bits per heavy atom. The van der Waals surface area contributed by atoms with Crippen LogP contribution in [0, 0.1) is 5.82 Å². The number of aliphatic imine (C=N–C) groups is 1. The Bertz CT molecular complexity index is 1640. The largest absolute Gasteiger partial charge is 0.388 e. The van der Waals surface area contributed by atoms with Crippen LogP contribution in [0.15, 0.2) is 64.0 Å². The normalized spacial score (nSPS) is 20.7. The van der Waals surface area contributed by atoms with Crippen molar-refractivity contribution in [2.75, 3.05) is 24.2 Å². The van der Waals surface area contributed by atoms with Crippen LogP contribution < -0.4 is 16.2 Å². The molecule has 3 aliphatic rings. The highest BCUT2D eigenvalue weighted by Crippen LogP contribution is 2.36. The Morgan fingerprint density at radius 2 is 2.07 bits per heavy atom. The number of aryl methyl sites for hydroxylation is 1. The number of H-pyrrole nitrogens is 1. The molecule has 0 bridgehead atoms. The Balaban J connectivity index is 1.21. The third-order valence-corrected chi connectivity index (χ3v) is 9.00. The number of rotatable bonds is 5. The van der Waals surface area contributed by atoms with Gasteiger partial charge in [-0.05, 0) is 87.2 Å². The van der Waals surface area contributed by atoms with E-state index in [9.17, 15) is 19.1 Å². The number of hydrogen-bond acceptors (Lipinski definition) is 8. The quantitative estimate of drug-likeness (QED) is 0.340. The average Bonchev–Trinajstić information content (AvgIpc) is 3.53. The summed E-state index contributed by atoms with van der Waals surface area (Å²) in [6, 6.07) is 7.89. The fourth-order valence-electron chi connectivity index (χ4n) is 5.58. The molecule has 1 aromatic carbocycles. The van der Waals surface area contributed by atoms with Crippen LogP contribution in [0.25, 0.3) is 11.3 Å². The fraction of sp³-hybridized carbons (Fsp3) is 0.333. The Labute approximate surface area is 240 Å². The van der Waals surface area contributed by atoms with Gasteiger partial charge in [0.25, 0.3) is 11.5 Å². The summed E-state index contributed by atoms with van der Waals surface area (Å²) in [6.45, 7) is 1.06. The number of aliphatic hydroxyl groups is 1. The van der Waals surface area contributed by atoms with Crippen molar-refractivity contribution in [3.63, 3.8) is 0 Å². The molecule has 0 radical (unpaired) electrons. The average molecular weight is 575 g/mol. The Kier molecular flexibility index (Phi) is 7.65. The van der Waals surface area contributed by atoms with Crippen molar-refractivity contribution in [1.82, 2.24) is 15.1 Å². The van der Waals surface area contributed by atoms with Gasteiger partial charge in [0.15, 0.2) is 0 Å². The molecule has 41 heavy (non-hydrogen) atoms. The van der Waals surface area contributed by atoms with E-state index in [-0.39, 0.29) is 11.4 Å². The van der Waals surface area contributed by atoms with Gasteiger partial charge in [-0.3, -0.25) is 14.5 Å². The lowest BCUT2D eigenvalue weighted by Gasteiger charge is -2.19. The van der Waals surface area contributed by atoms with Gasteiger partial charge in [-0.1, -0.05) is 12.2 Å². The molecule has 2 unspecified atom stereocenters. The zero-order chi connectivity index (χ0) is 28.5. The predicted molar refractivity (Wildman–Crippen MR) is 159 cm³/mol. The number of aliphatic hydroxyl groups excluding tert-OH is 1. The monoisotopic (exact) mass is 574 g/mol. The zero-order valence-electron chi connectivity index (χ0n) is 22.6. The molecule has 6 rings (SSSR count). The lowest BCUT2D eigenvalue weighted by molar-refractivity contribution is 0.103. The molecule has 4 heterocycles. The van der Waals surface area contributed by atoms with E-state index in [1.807, 2.05) is 12.3 Å². The molecule has 3 aromatic rings. The molecule has 1 aliphatic carbocycles. The highest BCUT2D eigenvalue weighted by molar-refractivity contribution is 7.14.